The summed E-state index contributed by atoms with van der Waals surface area (Å²) in [6.45, 7) is -1.51. The van der Waals surface area contributed by atoms with Gasteiger partial charge < -0.3 is 5.73 Å². The van der Waals surface area contributed by atoms with Crippen molar-refractivity contribution in [3.63, 3.8) is 0 Å². The van der Waals surface area contributed by atoms with Crippen molar-refractivity contribution >= 4 is 17.7 Å². The Labute approximate surface area is 152 Å². The van der Waals surface area contributed by atoms with E-state index in [0.29, 0.717) is 16.7 Å². The van der Waals surface area contributed by atoms with Gasteiger partial charge in [-0.1, -0.05) is 6.07 Å². The van der Waals surface area contributed by atoms with Crippen molar-refractivity contribution in [2.24, 2.45) is 5.73 Å². The summed E-state index contributed by atoms with van der Waals surface area (Å²) in [5, 5.41) is 4.15. The monoisotopic (exact) mass is 373 g/mol. The molecule has 2 heterocycles. The third kappa shape index (κ3) is 4.02. The molecule has 27 heavy (non-hydrogen) atoms. The van der Waals surface area contributed by atoms with Gasteiger partial charge in [-0.2, -0.15) is 0 Å². The second-order valence-corrected chi connectivity index (χ2v) is 5.62. The average molecular weight is 373 g/mol. The highest BCUT2D eigenvalue weighted by atomic mass is 19.1. The second-order valence-electron chi connectivity index (χ2n) is 5.62. The number of alkyl halides is 2. The first-order chi connectivity index (χ1) is 13.0. The SMILES string of the molecule is NC(=O)/C(=C/n1cnc(-c2cc(CF)cc(CF)c2)n1)c1ccncc1F. The van der Waals surface area contributed by atoms with E-state index >= 15 is 0 Å². The molecule has 0 fully saturated rings. The molecule has 0 saturated carbocycles. The maximum Gasteiger partial charge on any atom is 0.250 e. The minimum absolute atomic E-state index is 0.0336. The van der Waals surface area contributed by atoms with Crippen LogP contribution in [0.1, 0.15) is 16.7 Å². The summed E-state index contributed by atoms with van der Waals surface area (Å²) in [5.74, 6) is -1.39. The largest absolute Gasteiger partial charge is 0.366 e. The van der Waals surface area contributed by atoms with Crippen LogP contribution in [-0.2, 0) is 18.1 Å². The van der Waals surface area contributed by atoms with Gasteiger partial charge in [-0.15, -0.1) is 5.10 Å². The number of hydrogen-bond donors (Lipinski definition) is 1. The topological polar surface area (TPSA) is 86.7 Å². The molecule has 0 spiro atoms. The van der Waals surface area contributed by atoms with Crippen LogP contribution in [0.4, 0.5) is 13.2 Å². The van der Waals surface area contributed by atoms with Crippen LogP contribution in [0, 0.1) is 5.82 Å². The van der Waals surface area contributed by atoms with E-state index < -0.39 is 25.1 Å². The lowest BCUT2D eigenvalue weighted by Gasteiger charge is -2.05. The first-order valence-electron chi connectivity index (χ1n) is 7.79. The van der Waals surface area contributed by atoms with E-state index in [2.05, 4.69) is 15.1 Å². The normalized spacial score (nSPS) is 11.6. The highest BCUT2D eigenvalue weighted by molar-refractivity contribution is 6.22. The highest BCUT2D eigenvalue weighted by Gasteiger charge is 2.14. The van der Waals surface area contributed by atoms with Gasteiger partial charge in [0, 0.05) is 23.5 Å². The third-order valence-corrected chi connectivity index (χ3v) is 3.72. The lowest BCUT2D eigenvalue weighted by Crippen LogP contribution is -2.14. The number of rotatable bonds is 6. The van der Waals surface area contributed by atoms with E-state index in [1.165, 1.54) is 47.7 Å². The molecular weight excluding hydrogens is 359 g/mol. The standard InChI is InChI=1S/C18H14F3N5O/c19-6-11-3-12(7-20)5-13(4-11)18-24-10-26(25-18)9-15(17(22)27)14-1-2-23-8-16(14)21/h1-5,8-10H,6-7H2,(H2,22,27)/b15-9+. The minimum Gasteiger partial charge on any atom is -0.366 e. The number of carbonyl (C=O) groups excluding carboxylic acids is 1. The molecule has 0 aliphatic rings. The number of benzene rings is 1. The maximum atomic E-state index is 13.9. The van der Waals surface area contributed by atoms with E-state index in [1.54, 1.807) is 0 Å². The van der Waals surface area contributed by atoms with Crippen molar-refractivity contribution < 1.29 is 18.0 Å². The third-order valence-electron chi connectivity index (χ3n) is 3.72. The Bertz CT molecular complexity index is 993. The smallest absolute Gasteiger partial charge is 0.250 e. The summed E-state index contributed by atoms with van der Waals surface area (Å²) in [6, 6.07) is 5.72. The number of primary amides is 1. The Morgan fingerprint density at radius 3 is 2.48 bits per heavy atom. The van der Waals surface area contributed by atoms with Gasteiger partial charge in [0.15, 0.2) is 5.82 Å². The van der Waals surface area contributed by atoms with E-state index in [4.69, 9.17) is 5.73 Å². The van der Waals surface area contributed by atoms with Crippen LogP contribution in [0.2, 0.25) is 0 Å². The van der Waals surface area contributed by atoms with Gasteiger partial charge >= 0.3 is 0 Å². The zero-order valence-electron chi connectivity index (χ0n) is 13.9. The number of hydrogen-bond acceptors (Lipinski definition) is 4. The molecule has 9 heteroatoms. The molecule has 0 atom stereocenters. The fraction of sp³-hybridized carbons (Fsp3) is 0.111. The summed E-state index contributed by atoms with van der Waals surface area (Å²) < 4.78 is 41.0. The number of halogens is 3. The molecule has 1 amide bonds. The quantitative estimate of drug-likeness (QED) is 0.673. The first-order valence-corrected chi connectivity index (χ1v) is 7.79. The van der Waals surface area contributed by atoms with Crippen LogP contribution in [0.5, 0.6) is 0 Å². The van der Waals surface area contributed by atoms with Crippen LogP contribution in [-0.4, -0.2) is 25.7 Å². The summed E-state index contributed by atoms with van der Waals surface area (Å²) >= 11 is 0. The Kier molecular flexibility index (Phi) is 5.30. The van der Waals surface area contributed by atoms with Crippen LogP contribution in [0.25, 0.3) is 23.2 Å². The predicted molar refractivity (Wildman–Crippen MR) is 92.6 cm³/mol. The van der Waals surface area contributed by atoms with Gasteiger partial charge in [0.1, 0.15) is 25.5 Å². The van der Waals surface area contributed by atoms with Crippen molar-refractivity contribution in [1.82, 2.24) is 19.7 Å². The van der Waals surface area contributed by atoms with Gasteiger partial charge in [0.2, 0.25) is 0 Å². The molecular formula is C18H14F3N5O. The van der Waals surface area contributed by atoms with Gasteiger partial charge in [-0.25, -0.2) is 22.8 Å². The summed E-state index contributed by atoms with van der Waals surface area (Å²) in [4.78, 5) is 19.4. The molecule has 0 aliphatic carbocycles. The fourth-order valence-electron chi connectivity index (χ4n) is 2.51. The molecule has 0 bridgehead atoms. The molecule has 0 aliphatic heterocycles. The van der Waals surface area contributed by atoms with Crippen molar-refractivity contribution in [3.05, 3.63) is 65.5 Å². The molecule has 3 aromatic rings. The molecule has 0 saturated heterocycles. The number of pyridine rings is 1. The molecule has 0 radical (unpaired) electrons. The molecule has 6 nitrogen and oxygen atoms in total. The van der Waals surface area contributed by atoms with Crippen LogP contribution < -0.4 is 5.73 Å². The van der Waals surface area contributed by atoms with E-state index in [9.17, 15) is 18.0 Å². The van der Waals surface area contributed by atoms with Crippen molar-refractivity contribution in [1.29, 1.82) is 0 Å². The Balaban J connectivity index is 2.01. The van der Waals surface area contributed by atoms with Gasteiger partial charge in [-0.05, 0) is 29.3 Å². The van der Waals surface area contributed by atoms with Crippen LogP contribution >= 0.6 is 0 Å². The zero-order valence-corrected chi connectivity index (χ0v) is 13.9. The molecule has 2 N–H and O–H groups in total. The molecule has 1 aromatic carbocycles. The zero-order chi connectivity index (χ0) is 19.4. The highest BCUT2D eigenvalue weighted by Crippen LogP contribution is 2.22. The van der Waals surface area contributed by atoms with Gasteiger partial charge in [0.05, 0.1) is 11.8 Å². The predicted octanol–water partition coefficient (Wildman–Crippen LogP) is 2.90. The van der Waals surface area contributed by atoms with Crippen molar-refractivity contribution in [2.45, 2.75) is 13.3 Å². The lowest BCUT2D eigenvalue weighted by molar-refractivity contribution is -0.112. The Morgan fingerprint density at radius 2 is 1.89 bits per heavy atom. The van der Waals surface area contributed by atoms with Crippen LogP contribution in [0.3, 0.4) is 0 Å². The first kappa shape index (κ1) is 18.3. The number of carbonyl (C=O) groups is 1. The van der Waals surface area contributed by atoms with Gasteiger partial charge in [-0.3, -0.25) is 9.78 Å². The average Bonchev–Trinajstić information content (AvgIpc) is 3.15. The second kappa shape index (κ2) is 7.81. The Morgan fingerprint density at radius 1 is 1.19 bits per heavy atom. The molecule has 138 valence electrons. The summed E-state index contributed by atoms with van der Waals surface area (Å²) in [5.41, 5.74) is 6.18. The fourth-order valence-corrected chi connectivity index (χ4v) is 2.51. The number of amides is 1. The Hall–Kier alpha value is -3.49. The van der Waals surface area contributed by atoms with E-state index in [0.717, 1.165) is 6.20 Å². The van der Waals surface area contributed by atoms with Crippen molar-refractivity contribution in [3.8, 4) is 11.4 Å². The number of aromatic nitrogens is 4. The number of nitrogens with zero attached hydrogens (tertiary/aromatic N) is 4. The molecule has 0 unspecified atom stereocenters. The molecule has 3 rings (SSSR count). The maximum absolute atomic E-state index is 13.9. The van der Waals surface area contributed by atoms with Crippen LogP contribution in [0.15, 0.2) is 43.0 Å². The number of nitrogens with two attached hydrogens (primary N) is 1. The van der Waals surface area contributed by atoms with Gasteiger partial charge in [0.25, 0.3) is 5.91 Å². The van der Waals surface area contributed by atoms with Crippen molar-refractivity contribution in [2.75, 3.05) is 0 Å². The lowest BCUT2D eigenvalue weighted by atomic mass is 10.1. The summed E-state index contributed by atoms with van der Waals surface area (Å²) in [6.07, 6.45) is 4.77. The summed E-state index contributed by atoms with van der Waals surface area (Å²) in [7, 11) is 0. The van der Waals surface area contributed by atoms with E-state index in [1.807, 2.05) is 0 Å². The molecule has 2 aromatic heterocycles. The minimum atomic E-state index is -0.865. The van der Waals surface area contributed by atoms with E-state index in [-0.39, 0.29) is 17.0 Å².